The van der Waals surface area contributed by atoms with Gasteiger partial charge in [-0.2, -0.15) is 0 Å². The van der Waals surface area contributed by atoms with Crippen molar-refractivity contribution >= 4 is 17.8 Å². The molecule has 0 bridgehead atoms. The number of carbonyl (C=O) groups excluding carboxylic acids is 3. The molecule has 3 rings (SSSR count). The van der Waals surface area contributed by atoms with E-state index in [9.17, 15) is 14.4 Å². The van der Waals surface area contributed by atoms with Gasteiger partial charge in [0.05, 0.1) is 19.7 Å². The molecule has 1 unspecified atom stereocenters. The Morgan fingerprint density at radius 3 is 2.19 bits per heavy atom. The molecule has 1 aliphatic heterocycles. The summed E-state index contributed by atoms with van der Waals surface area (Å²) in [5.41, 5.74) is 0.777. The van der Waals surface area contributed by atoms with E-state index in [-0.39, 0.29) is 13.2 Å². The summed E-state index contributed by atoms with van der Waals surface area (Å²) >= 11 is 0. The number of ether oxygens (including phenoxy) is 2. The molecule has 1 saturated heterocycles. The number of hydrogen-bond donors (Lipinski definition) is 0. The van der Waals surface area contributed by atoms with Crippen molar-refractivity contribution in [2.45, 2.75) is 13.0 Å². The van der Waals surface area contributed by atoms with Gasteiger partial charge in [0.1, 0.15) is 6.61 Å². The first-order valence-corrected chi connectivity index (χ1v) is 8.54. The van der Waals surface area contributed by atoms with Gasteiger partial charge in [-0.15, -0.1) is 0 Å². The second-order valence-corrected chi connectivity index (χ2v) is 6.00. The first-order valence-electron chi connectivity index (χ1n) is 8.54. The minimum absolute atomic E-state index is 0.0283. The lowest BCUT2D eigenvalue weighted by molar-refractivity contribution is -0.144. The first-order chi connectivity index (χ1) is 13.0. The number of para-hydroxylation sites is 2. The van der Waals surface area contributed by atoms with E-state index in [1.54, 1.807) is 31.2 Å². The summed E-state index contributed by atoms with van der Waals surface area (Å²) in [6.07, 6.45) is 0. The Bertz CT molecular complexity index is 852. The lowest BCUT2D eigenvalue weighted by Gasteiger charge is -2.22. The van der Waals surface area contributed by atoms with E-state index in [0.717, 1.165) is 15.4 Å². The highest BCUT2D eigenvalue weighted by molar-refractivity contribution is 6.44. The predicted octanol–water partition coefficient (Wildman–Crippen LogP) is 2.63. The van der Waals surface area contributed by atoms with Crippen LogP contribution in [0.3, 0.4) is 0 Å². The van der Waals surface area contributed by atoms with Gasteiger partial charge in [0, 0.05) is 0 Å². The molecule has 0 saturated carbocycles. The highest BCUT2D eigenvalue weighted by Gasteiger charge is 2.46. The summed E-state index contributed by atoms with van der Waals surface area (Å²) < 4.78 is 10.8. The highest BCUT2D eigenvalue weighted by Crippen LogP contribution is 2.27. The number of carbonyl (C=O) groups is 3. The third kappa shape index (κ3) is 3.62. The summed E-state index contributed by atoms with van der Waals surface area (Å²) in [5.74, 6) is -0.619. The summed E-state index contributed by atoms with van der Waals surface area (Å²) in [6.45, 7) is 1.74. The van der Waals surface area contributed by atoms with E-state index in [1.165, 1.54) is 7.11 Å². The van der Waals surface area contributed by atoms with Crippen LogP contribution in [-0.2, 0) is 9.59 Å². The number of amides is 4. The van der Waals surface area contributed by atoms with Gasteiger partial charge in [0.2, 0.25) is 0 Å². The predicted molar refractivity (Wildman–Crippen MR) is 97.3 cm³/mol. The van der Waals surface area contributed by atoms with Crippen LogP contribution in [0.1, 0.15) is 18.5 Å². The van der Waals surface area contributed by atoms with Crippen LogP contribution in [0.25, 0.3) is 0 Å². The van der Waals surface area contributed by atoms with Crippen LogP contribution in [0.15, 0.2) is 54.6 Å². The maximum atomic E-state index is 12.6. The smallest absolute Gasteiger partial charge is 0.334 e. The van der Waals surface area contributed by atoms with Gasteiger partial charge in [-0.1, -0.05) is 42.5 Å². The van der Waals surface area contributed by atoms with Crippen molar-refractivity contribution in [3.8, 4) is 11.5 Å². The summed E-state index contributed by atoms with van der Waals surface area (Å²) in [5, 5.41) is 0. The van der Waals surface area contributed by atoms with Crippen LogP contribution in [0.4, 0.5) is 4.79 Å². The van der Waals surface area contributed by atoms with Gasteiger partial charge < -0.3 is 9.47 Å². The standard InChI is InChI=1S/C20H20N2O5/c1-14(15-8-4-3-5-9-15)22-19(24)18(23)21(20(22)25)12-13-27-17-11-7-6-10-16(17)26-2/h3-11,14H,12-13H2,1-2H3. The second-order valence-electron chi connectivity index (χ2n) is 6.00. The zero-order chi connectivity index (χ0) is 19.4. The van der Waals surface area contributed by atoms with E-state index in [4.69, 9.17) is 9.47 Å². The maximum absolute atomic E-state index is 12.6. The van der Waals surface area contributed by atoms with Gasteiger partial charge in [0.25, 0.3) is 0 Å². The molecule has 27 heavy (non-hydrogen) atoms. The number of rotatable bonds is 7. The summed E-state index contributed by atoms with van der Waals surface area (Å²) in [4.78, 5) is 39.1. The molecule has 0 N–H and O–H groups in total. The molecule has 140 valence electrons. The molecule has 1 aliphatic rings. The molecular formula is C20H20N2O5. The lowest BCUT2D eigenvalue weighted by atomic mass is 10.1. The molecule has 2 aromatic rings. The Hall–Kier alpha value is -3.35. The average Bonchev–Trinajstić information content (AvgIpc) is 2.91. The van der Waals surface area contributed by atoms with Gasteiger partial charge >= 0.3 is 17.8 Å². The quantitative estimate of drug-likeness (QED) is 0.555. The third-order valence-electron chi connectivity index (χ3n) is 4.39. The molecule has 2 aromatic carbocycles. The molecule has 1 heterocycles. The van der Waals surface area contributed by atoms with Crippen molar-refractivity contribution in [2.24, 2.45) is 0 Å². The number of urea groups is 1. The SMILES string of the molecule is COc1ccccc1OCCN1C(=O)C(=O)N(C(C)c2ccccc2)C1=O. The van der Waals surface area contributed by atoms with Crippen LogP contribution < -0.4 is 9.47 Å². The maximum Gasteiger partial charge on any atom is 0.334 e. The minimum Gasteiger partial charge on any atom is -0.493 e. The fourth-order valence-corrected chi connectivity index (χ4v) is 2.93. The number of hydrogen-bond acceptors (Lipinski definition) is 5. The van der Waals surface area contributed by atoms with Crippen LogP contribution in [0, 0.1) is 0 Å². The number of benzene rings is 2. The number of methoxy groups -OCH3 is 1. The normalized spacial score (nSPS) is 15.3. The van der Waals surface area contributed by atoms with Gasteiger partial charge in [-0.05, 0) is 24.6 Å². The van der Waals surface area contributed by atoms with E-state index in [1.807, 2.05) is 30.3 Å². The largest absolute Gasteiger partial charge is 0.493 e. The van der Waals surface area contributed by atoms with Crippen molar-refractivity contribution < 1.29 is 23.9 Å². The molecule has 7 nitrogen and oxygen atoms in total. The van der Waals surface area contributed by atoms with Crippen molar-refractivity contribution in [1.82, 2.24) is 9.80 Å². The zero-order valence-corrected chi connectivity index (χ0v) is 15.1. The summed E-state index contributed by atoms with van der Waals surface area (Å²) in [7, 11) is 1.53. The molecule has 1 fully saturated rings. The molecule has 0 aliphatic carbocycles. The zero-order valence-electron chi connectivity index (χ0n) is 15.1. The topological polar surface area (TPSA) is 76.2 Å². The Morgan fingerprint density at radius 2 is 1.52 bits per heavy atom. The molecule has 4 amide bonds. The van der Waals surface area contributed by atoms with Crippen LogP contribution in [-0.4, -0.2) is 47.9 Å². The average molecular weight is 368 g/mol. The Balaban J connectivity index is 1.67. The number of nitrogens with zero attached hydrogens (tertiary/aromatic N) is 2. The van der Waals surface area contributed by atoms with Crippen molar-refractivity contribution in [3.05, 3.63) is 60.2 Å². The van der Waals surface area contributed by atoms with E-state index in [2.05, 4.69) is 0 Å². The van der Waals surface area contributed by atoms with Crippen LogP contribution in [0.5, 0.6) is 11.5 Å². The lowest BCUT2D eigenvalue weighted by Crippen LogP contribution is -2.37. The molecular weight excluding hydrogens is 348 g/mol. The molecule has 0 spiro atoms. The van der Waals surface area contributed by atoms with Gasteiger partial charge in [-0.25, -0.2) is 9.69 Å². The van der Waals surface area contributed by atoms with Crippen LogP contribution in [0.2, 0.25) is 0 Å². The van der Waals surface area contributed by atoms with Crippen LogP contribution >= 0.6 is 0 Å². The minimum atomic E-state index is -0.841. The van der Waals surface area contributed by atoms with Crippen molar-refractivity contribution in [1.29, 1.82) is 0 Å². The van der Waals surface area contributed by atoms with Gasteiger partial charge in [-0.3, -0.25) is 14.5 Å². The summed E-state index contributed by atoms with van der Waals surface area (Å²) in [6, 6.07) is 15.0. The first kappa shape index (κ1) is 18.4. The number of imide groups is 2. The monoisotopic (exact) mass is 368 g/mol. The Kier molecular flexibility index (Phi) is 5.40. The fourth-order valence-electron chi connectivity index (χ4n) is 2.93. The van der Waals surface area contributed by atoms with E-state index >= 15 is 0 Å². The second kappa shape index (κ2) is 7.90. The fraction of sp³-hybridized carbons (Fsp3) is 0.250. The molecule has 0 radical (unpaired) electrons. The molecule has 1 atom stereocenters. The highest BCUT2D eigenvalue weighted by atomic mass is 16.5. The molecule has 0 aromatic heterocycles. The Morgan fingerprint density at radius 1 is 0.889 bits per heavy atom. The third-order valence-corrected chi connectivity index (χ3v) is 4.39. The van der Waals surface area contributed by atoms with E-state index in [0.29, 0.717) is 11.5 Å². The Labute approximate surface area is 157 Å². The molecule has 7 heteroatoms. The van der Waals surface area contributed by atoms with Crippen molar-refractivity contribution in [2.75, 3.05) is 20.3 Å². The van der Waals surface area contributed by atoms with E-state index < -0.39 is 23.9 Å². The van der Waals surface area contributed by atoms with Gasteiger partial charge in [0.15, 0.2) is 11.5 Å². The van der Waals surface area contributed by atoms with Crippen molar-refractivity contribution in [3.63, 3.8) is 0 Å².